The molecule has 4 heteroatoms. The van der Waals surface area contributed by atoms with Crippen LogP contribution < -0.4 is 16.0 Å². The minimum absolute atomic E-state index is 0.0579. The Labute approximate surface area is 102 Å². The second-order valence-corrected chi connectivity index (χ2v) is 4.33. The van der Waals surface area contributed by atoms with Crippen molar-refractivity contribution in [3.05, 3.63) is 30.3 Å². The van der Waals surface area contributed by atoms with Gasteiger partial charge in [-0.3, -0.25) is 4.79 Å². The fourth-order valence-electron chi connectivity index (χ4n) is 1.99. The van der Waals surface area contributed by atoms with Crippen molar-refractivity contribution in [2.75, 3.05) is 25.0 Å². The zero-order valence-electron chi connectivity index (χ0n) is 9.91. The second kappa shape index (κ2) is 6.25. The van der Waals surface area contributed by atoms with E-state index in [0.29, 0.717) is 6.54 Å². The first-order chi connectivity index (χ1) is 8.34. The van der Waals surface area contributed by atoms with E-state index >= 15 is 0 Å². The summed E-state index contributed by atoms with van der Waals surface area (Å²) in [5.74, 6) is 0.0579. The van der Waals surface area contributed by atoms with Crippen LogP contribution in [0.1, 0.15) is 12.8 Å². The number of para-hydroxylation sites is 1. The van der Waals surface area contributed by atoms with Gasteiger partial charge in [-0.25, -0.2) is 0 Å². The van der Waals surface area contributed by atoms with Crippen LogP contribution in [0.5, 0.6) is 0 Å². The molecule has 4 nitrogen and oxygen atoms in total. The SMILES string of the molecule is O=C(CNc1ccccc1)N[C@H]1CCCNC1. The Morgan fingerprint density at radius 1 is 1.35 bits per heavy atom. The third-order valence-electron chi connectivity index (χ3n) is 2.89. The van der Waals surface area contributed by atoms with Gasteiger partial charge < -0.3 is 16.0 Å². The van der Waals surface area contributed by atoms with Crippen molar-refractivity contribution in [3.8, 4) is 0 Å². The Balaban J connectivity index is 1.70. The molecular weight excluding hydrogens is 214 g/mol. The zero-order valence-corrected chi connectivity index (χ0v) is 9.91. The van der Waals surface area contributed by atoms with Gasteiger partial charge >= 0.3 is 0 Å². The van der Waals surface area contributed by atoms with Crippen molar-refractivity contribution in [2.45, 2.75) is 18.9 Å². The number of hydrogen-bond acceptors (Lipinski definition) is 3. The molecule has 0 unspecified atom stereocenters. The molecule has 0 aromatic heterocycles. The van der Waals surface area contributed by atoms with E-state index in [0.717, 1.165) is 31.6 Å². The molecule has 0 radical (unpaired) electrons. The minimum atomic E-state index is 0.0579. The summed E-state index contributed by atoms with van der Waals surface area (Å²) in [6.45, 7) is 2.28. The standard InChI is InChI=1S/C13H19N3O/c17-13(16-12-7-4-8-14-9-12)10-15-11-5-2-1-3-6-11/h1-3,5-6,12,14-15H,4,7-10H2,(H,16,17)/t12-/m0/s1. The number of carbonyl (C=O) groups excluding carboxylic acids is 1. The highest BCUT2D eigenvalue weighted by Crippen LogP contribution is 2.04. The van der Waals surface area contributed by atoms with Crippen molar-refractivity contribution in [2.24, 2.45) is 0 Å². The molecule has 1 atom stereocenters. The lowest BCUT2D eigenvalue weighted by Gasteiger charge is -2.23. The zero-order chi connectivity index (χ0) is 11.9. The smallest absolute Gasteiger partial charge is 0.239 e. The number of anilines is 1. The first kappa shape index (κ1) is 11.9. The van der Waals surface area contributed by atoms with E-state index in [1.165, 1.54) is 0 Å². The second-order valence-electron chi connectivity index (χ2n) is 4.33. The summed E-state index contributed by atoms with van der Waals surface area (Å²) < 4.78 is 0. The Morgan fingerprint density at radius 2 is 2.18 bits per heavy atom. The number of piperidine rings is 1. The lowest BCUT2D eigenvalue weighted by molar-refractivity contribution is -0.120. The molecule has 1 aliphatic rings. The molecular formula is C13H19N3O. The summed E-state index contributed by atoms with van der Waals surface area (Å²) in [6, 6.07) is 10.1. The van der Waals surface area contributed by atoms with Crippen molar-refractivity contribution in [1.29, 1.82) is 0 Å². The van der Waals surface area contributed by atoms with Gasteiger partial charge in [-0.15, -0.1) is 0 Å². The van der Waals surface area contributed by atoms with E-state index in [2.05, 4.69) is 16.0 Å². The third kappa shape index (κ3) is 4.07. The lowest BCUT2D eigenvalue weighted by Crippen LogP contribution is -2.47. The largest absolute Gasteiger partial charge is 0.376 e. The van der Waals surface area contributed by atoms with Crippen LogP contribution >= 0.6 is 0 Å². The summed E-state index contributed by atoms with van der Waals surface area (Å²) in [4.78, 5) is 11.7. The van der Waals surface area contributed by atoms with Gasteiger partial charge in [0.2, 0.25) is 5.91 Å². The molecule has 2 rings (SSSR count). The van der Waals surface area contributed by atoms with Gasteiger partial charge in [0.1, 0.15) is 0 Å². The topological polar surface area (TPSA) is 53.2 Å². The Kier molecular flexibility index (Phi) is 4.38. The molecule has 1 fully saturated rings. The Morgan fingerprint density at radius 3 is 2.88 bits per heavy atom. The third-order valence-corrected chi connectivity index (χ3v) is 2.89. The average Bonchev–Trinajstić information content (AvgIpc) is 2.39. The van der Waals surface area contributed by atoms with Gasteiger partial charge in [-0.2, -0.15) is 0 Å². The van der Waals surface area contributed by atoms with Crippen LogP contribution in [0, 0.1) is 0 Å². The van der Waals surface area contributed by atoms with Gasteiger partial charge in [0.05, 0.1) is 6.54 Å². The molecule has 3 N–H and O–H groups in total. The van der Waals surface area contributed by atoms with Crippen LogP contribution in [-0.4, -0.2) is 31.6 Å². The van der Waals surface area contributed by atoms with Crippen LogP contribution in [0.4, 0.5) is 5.69 Å². The molecule has 17 heavy (non-hydrogen) atoms. The quantitative estimate of drug-likeness (QED) is 0.726. The molecule has 1 aromatic rings. The van der Waals surface area contributed by atoms with Gasteiger partial charge in [-0.05, 0) is 31.5 Å². The molecule has 0 bridgehead atoms. The van der Waals surface area contributed by atoms with Gasteiger partial charge in [0.15, 0.2) is 0 Å². The molecule has 0 aliphatic carbocycles. The predicted molar refractivity (Wildman–Crippen MR) is 69.0 cm³/mol. The highest BCUT2D eigenvalue weighted by Gasteiger charge is 2.14. The molecule has 1 amide bonds. The first-order valence-electron chi connectivity index (χ1n) is 6.13. The highest BCUT2D eigenvalue weighted by atomic mass is 16.2. The fourth-order valence-corrected chi connectivity index (χ4v) is 1.99. The van der Waals surface area contributed by atoms with Crippen LogP contribution in [-0.2, 0) is 4.79 Å². The number of benzene rings is 1. The molecule has 1 aliphatic heterocycles. The molecule has 1 heterocycles. The number of hydrogen-bond donors (Lipinski definition) is 3. The highest BCUT2D eigenvalue weighted by molar-refractivity contribution is 5.80. The normalized spacial score (nSPS) is 19.6. The van der Waals surface area contributed by atoms with E-state index in [4.69, 9.17) is 0 Å². The molecule has 0 spiro atoms. The van der Waals surface area contributed by atoms with Crippen LogP contribution in [0.3, 0.4) is 0 Å². The first-order valence-corrected chi connectivity index (χ1v) is 6.13. The molecule has 1 aromatic carbocycles. The Hall–Kier alpha value is -1.55. The molecule has 92 valence electrons. The van der Waals surface area contributed by atoms with Gasteiger partial charge in [0.25, 0.3) is 0 Å². The summed E-state index contributed by atoms with van der Waals surface area (Å²) in [5.41, 5.74) is 0.976. The predicted octanol–water partition coefficient (Wildman–Crippen LogP) is 0.967. The van der Waals surface area contributed by atoms with E-state index in [1.54, 1.807) is 0 Å². The van der Waals surface area contributed by atoms with Crippen LogP contribution in [0.25, 0.3) is 0 Å². The molecule has 1 saturated heterocycles. The number of rotatable bonds is 4. The maximum absolute atomic E-state index is 11.7. The molecule has 0 saturated carbocycles. The lowest BCUT2D eigenvalue weighted by atomic mass is 10.1. The maximum Gasteiger partial charge on any atom is 0.239 e. The van der Waals surface area contributed by atoms with E-state index in [1.807, 2.05) is 30.3 Å². The van der Waals surface area contributed by atoms with E-state index in [-0.39, 0.29) is 11.9 Å². The van der Waals surface area contributed by atoms with Crippen molar-refractivity contribution in [3.63, 3.8) is 0 Å². The minimum Gasteiger partial charge on any atom is -0.376 e. The average molecular weight is 233 g/mol. The van der Waals surface area contributed by atoms with Crippen LogP contribution in [0.15, 0.2) is 30.3 Å². The van der Waals surface area contributed by atoms with E-state index < -0.39 is 0 Å². The Bertz CT molecular complexity index is 347. The van der Waals surface area contributed by atoms with Crippen molar-refractivity contribution >= 4 is 11.6 Å². The van der Waals surface area contributed by atoms with Gasteiger partial charge in [-0.1, -0.05) is 18.2 Å². The summed E-state index contributed by atoms with van der Waals surface area (Å²) in [5, 5.41) is 9.41. The number of nitrogens with one attached hydrogen (secondary N) is 3. The van der Waals surface area contributed by atoms with Crippen molar-refractivity contribution < 1.29 is 4.79 Å². The summed E-state index contributed by atoms with van der Waals surface area (Å²) in [6.07, 6.45) is 2.21. The number of carbonyl (C=O) groups is 1. The summed E-state index contributed by atoms with van der Waals surface area (Å²) in [7, 11) is 0. The van der Waals surface area contributed by atoms with Crippen LogP contribution in [0.2, 0.25) is 0 Å². The monoisotopic (exact) mass is 233 g/mol. The fraction of sp³-hybridized carbons (Fsp3) is 0.462. The maximum atomic E-state index is 11.7. The van der Waals surface area contributed by atoms with Crippen molar-refractivity contribution in [1.82, 2.24) is 10.6 Å². The summed E-state index contributed by atoms with van der Waals surface area (Å²) >= 11 is 0. The number of amides is 1. The van der Waals surface area contributed by atoms with Gasteiger partial charge in [0, 0.05) is 18.3 Å². The van der Waals surface area contributed by atoms with E-state index in [9.17, 15) is 4.79 Å².